The molecule has 1 aromatic rings. The number of hydrogen-bond acceptors (Lipinski definition) is 3. The van der Waals surface area contributed by atoms with Gasteiger partial charge < -0.3 is 15.4 Å². The van der Waals surface area contributed by atoms with Crippen molar-refractivity contribution < 1.29 is 5.11 Å². The Morgan fingerprint density at radius 1 is 1.75 bits per heavy atom. The summed E-state index contributed by atoms with van der Waals surface area (Å²) in [5, 5.41) is 12.3. The second-order valence-electron chi connectivity index (χ2n) is 2.73. The quantitative estimate of drug-likeness (QED) is 0.593. The monoisotopic (exact) mass is 169 g/mol. The lowest BCUT2D eigenvalue weighted by Crippen LogP contribution is -2.26. The molecule has 1 atom stereocenters. The number of rotatable bonds is 5. The Labute approximate surface area is 72.0 Å². The average molecular weight is 169 g/mol. The van der Waals surface area contributed by atoms with Gasteiger partial charge in [-0.25, -0.2) is 4.98 Å². The summed E-state index contributed by atoms with van der Waals surface area (Å²) in [5.74, 6) is 0.901. The van der Waals surface area contributed by atoms with Gasteiger partial charge in [-0.2, -0.15) is 0 Å². The Hall–Kier alpha value is -0.870. The molecule has 4 nitrogen and oxygen atoms in total. The first kappa shape index (κ1) is 9.22. The lowest BCUT2D eigenvalue weighted by Gasteiger charge is -2.07. The van der Waals surface area contributed by atoms with Crippen LogP contribution in [0.25, 0.3) is 0 Å². The number of aliphatic hydroxyl groups excluding tert-OH is 1. The van der Waals surface area contributed by atoms with Crippen molar-refractivity contribution in [3.63, 3.8) is 0 Å². The van der Waals surface area contributed by atoms with Gasteiger partial charge in [-0.3, -0.25) is 0 Å². The van der Waals surface area contributed by atoms with Crippen molar-refractivity contribution in [2.75, 3.05) is 6.54 Å². The number of aromatic nitrogens is 2. The molecule has 0 aliphatic rings. The van der Waals surface area contributed by atoms with Crippen LogP contribution in [0.3, 0.4) is 0 Å². The van der Waals surface area contributed by atoms with Gasteiger partial charge in [0.05, 0.1) is 12.6 Å². The topological polar surface area (TPSA) is 60.9 Å². The standard InChI is InChI=1S/C8H15N3O/c1-2-7(12)5-9-6-8-10-3-4-11-8/h3-4,7,9,12H,2,5-6H2,1H3,(H,10,11). The van der Waals surface area contributed by atoms with E-state index in [4.69, 9.17) is 0 Å². The van der Waals surface area contributed by atoms with Gasteiger partial charge in [0.15, 0.2) is 0 Å². The molecule has 0 radical (unpaired) electrons. The summed E-state index contributed by atoms with van der Waals surface area (Å²) in [7, 11) is 0. The Kier molecular flexibility index (Phi) is 3.76. The zero-order valence-corrected chi connectivity index (χ0v) is 7.25. The number of nitrogens with zero attached hydrogens (tertiary/aromatic N) is 1. The molecule has 3 N–H and O–H groups in total. The van der Waals surface area contributed by atoms with Crippen LogP contribution in [0.4, 0.5) is 0 Å². The summed E-state index contributed by atoms with van der Waals surface area (Å²) >= 11 is 0. The van der Waals surface area contributed by atoms with Crippen molar-refractivity contribution in [1.82, 2.24) is 15.3 Å². The molecule has 1 heterocycles. The molecular formula is C8H15N3O. The van der Waals surface area contributed by atoms with Gasteiger partial charge in [0, 0.05) is 18.9 Å². The lowest BCUT2D eigenvalue weighted by atomic mass is 10.3. The van der Waals surface area contributed by atoms with Crippen molar-refractivity contribution in [1.29, 1.82) is 0 Å². The predicted molar refractivity (Wildman–Crippen MR) is 46.6 cm³/mol. The molecule has 1 aromatic heterocycles. The number of aromatic amines is 1. The zero-order valence-electron chi connectivity index (χ0n) is 7.25. The molecule has 12 heavy (non-hydrogen) atoms. The molecule has 1 rings (SSSR count). The highest BCUT2D eigenvalue weighted by atomic mass is 16.3. The largest absolute Gasteiger partial charge is 0.392 e. The minimum Gasteiger partial charge on any atom is -0.392 e. The third kappa shape index (κ3) is 3.02. The Balaban J connectivity index is 2.11. The van der Waals surface area contributed by atoms with Crippen LogP contribution in [0.5, 0.6) is 0 Å². The second kappa shape index (κ2) is 4.90. The van der Waals surface area contributed by atoms with E-state index < -0.39 is 0 Å². The molecule has 0 aliphatic carbocycles. The smallest absolute Gasteiger partial charge is 0.120 e. The van der Waals surface area contributed by atoms with E-state index in [9.17, 15) is 5.11 Å². The van der Waals surface area contributed by atoms with Gasteiger partial charge in [-0.1, -0.05) is 6.92 Å². The molecule has 0 saturated heterocycles. The van der Waals surface area contributed by atoms with Crippen molar-refractivity contribution >= 4 is 0 Å². The molecule has 0 amide bonds. The summed E-state index contributed by atoms with van der Waals surface area (Å²) in [4.78, 5) is 7.01. The fourth-order valence-corrected chi connectivity index (χ4v) is 0.896. The summed E-state index contributed by atoms with van der Waals surface area (Å²) in [6.07, 6.45) is 4.03. The molecule has 4 heteroatoms. The number of aliphatic hydroxyl groups is 1. The average Bonchev–Trinajstić information content (AvgIpc) is 2.57. The minimum absolute atomic E-state index is 0.250. The van der Waals surface area contributed by atoms with Crippen LogP contribution in [0, 0.1) is 0 Å². The third-order valence-electron chi connectivity index (χ3n) is 1.70. The van der Waals surface area contributed by atoms with E-state index in [1.54, 1.807) is 12.4 Å². The van der Waals surface area contributed by atoms with Crippen LogP contribution in [0.1, 0.15) is 19.2 Å². The predicted octanol–water partition coefficient (Wildman–Crippen LogP) is 0.270. The molecule has 0 fully saturated rings. The number of H-pyrrole nitrogens is 1. The van der Waals surface area contributed by atoms with E-state index in [1.807, 2.05) is 6.92 Å². The van der Waals surface area contributed by atoms with Crippen molar-refractivity contribution in [2.24, 2.45) is 0 Å². The van der Waals surface area contributed by atoms with E-state index in [2.05, 4.69) is 15.3 Å². The molecule has 1 unspecified atom stereocenters. The van der Waals surface area contributed by atoms with Gasteiger partial charge in [0.2, 0.25) is 0 Å². The summed E-state index contributed by atoms with van der Waals surface area (Å²) < 4.78 is 0. The number of nitrogens with one attached hydrogen (secondary N) is 2. The fraction of sp³-hybridized carbons (Fsp3) is 0.625. The minimum atomic E-state index is -0.250. The summed E-state index contributed by atoms with van der Waals surface area (Å²) in [5.41, 5.74) is 0. The van der Waals surface area contributed by atoms with Crippen molar-refractivity contribution in [3.8, 4) is 0 Å². The maximum absolute atomic E-state index is 9.19. The molecular weight excluding hydrogens is 154 g/mol. The zero-order chi connectivity index (χ0) is 8.81. The van der Waals surface area contributed by atoms with Crippen LogP contribution in [-0.4, -0.2) is 27.7 Å². The first-order valence-corrected chi connectivity index (χ1v) is 4.20. The van der Waals surface area contributed by atoms with Crippen molar-refractivity contribution in [2.45, 2.75) is 26.0 Å². The highest BCUT2D eigenvalue weighted by Gasteiger charge is 1.99. The highest BCUT2D eigenvalue weighted by Crippen LogP contribution is 1.89. The van der Waals surface area contributed by atoms with E-state index >= 15 is 0 Å². The van der Waals surface area contributed by atoms with Gasteiger partial charge in [0.1, 0.15) is 5.82 Å². The van der Waals surface area contributed by atoms with Crippen LogP contribution >= 0.6 is 0 Å². The molecule has 0 bridgehead atoms. The normalized spacial score (nSPS) is 13.2. The first-order chi connectivity index (χ1) is 5.83. The molecule has 0 saturated carbocycles. The van der Waals surface area contributed by atoms with E-state index in [0.29, 0.717) is 13.1 Å². The molecule has 0 spiro atoms. The molecule has 0 aliphatic heterocycles. The van der Waals surface area contributed by atoms with Gasteiger partial charge in [-0.15, -0.1) is 0 Å². The van der Waals surface area contributed by atoms with Crippen LogP contribution < -0.4 is 5.32 Å². The summed E-state index contributed by atoms with van der Waals surface area (Å²) in [6, 6.07) is 0. The van der Waals surface area contributed by atoms with Gasteiger partial charge >= 0.3 is 0 Å². The Morgan fingerprint density at radius 3 is 3.17 bits per heavy atom. The second-order valence-corrected chi connectivity index (χ2v) is 2.73. The first-order valence-electron chi connectivity index (χ1n) is 4.20. The highest BCUT2D eigenvalue weighted by molar-refractivity contribution is 4.85. The van der Waals surface area contributed by atoms with Gasteiger partial charge in [-0.05, 0) is 6.42 Å². The van der Waals surface area contributed by atoms with Crippen LogP contribution in [0.2, 0.25) is 0 Å². The maximum Gasteiger partial charge on any atom is 0.120 e. The SMILES string of the molecule is CCC(O)CNCc1ncc[nH]1. The fourth-order valence-electron chi connectivity index (χ4n) is 0.896. The molecule has 0 aromatic carbocycles. The number of imidazole rings is 1. The Bertz CT molecular complexity index is 198. The summed E-state index contributed by atoms with van der Waals surface area (Å²) in [6.45, 7) is 3.26. The van der Waals surface area contributed by atoms with E-state index in [0.717, 1.165) is 12.2 Å². The Morgan fingerprint density at radius 2 is 2.58 bits per heavy atom. The lowest BCUT2D eigenvalue weighted by molar-refractivity contribution is 0.167. The third-order valence-corrected chi connectivity index (χ3v) is 1.70. The maximum atomic E-state index is 9.19. The number of hydrogen-bond donors (Lipinski definition) is 3. The van der Waals surface area contributed by atoms with Gasteiger partial charge in [0.25, 0.3) is 0 Å². The van der Waals surface area contributed by atoms with Crippen LogP contribution in [-0.2, 0) is 6.54 Å². The van der Waals surface area contributed by atoms with Crippen LogP contribution in [0.15, 0.2) is 12.4 Å². The van der Waals surface area contributed by atoms with Crippen molar-refractivity contribution in [3.05, 3.63) is 18.2 Å². The molecule has 68 valence electrons. The van der Waals surface area contributed by atoms with E-state index in [-0.39, 0.29) is 6.10 Å². The van der Waals surface area contributed by atoms with E-state index in [1.165, 1.54) is 0 Å².